The van der Waals surface area contributed by atoms with Crippen LogP contribution in [0.3, 0.4) is 0 Å². The molecule has 0 bridgehead atoms. The molecular formula is C16H27N3O. The molecule has 1 aromatic carbocycles. The molecule has 0 saturated heterocycles. The number of carbonyl (C=O) groups is 1. The first kappa shape index (κ1) is 16.5. The molecule has 1 unspecified atom stereocenters. The highest BCUT2D eigenvalue weighted by Crippen LogP contribution is 2.19. The Labute approximate surface area is 122 Å². The molecule has 0 aromatic heterocycles. The van der Waals surface area contributed by atoms with Crippen molar-refractivity contribution in [2.75, 3.05) is 19.4 Å². The summed E-state index contributed by atoms with van der Waals surface area (Å²) in [6.45, 7) is 8.30. The number of nitrogens with zero attached hydrogens (tertiary/aromatic N) is 1. The lowest BCUT2D eigenvalue weighted by Crippen LogP contribution is -2.46. The van der Waals surface area contributed by atoms with Crippen molar-refractivity contribution < 1.29 is 4.79 Å². The molecule has 0 heterocycles. The standard InChI is InChI=1S/C16H27N3O/c1-7-16(3,4)19(6)15(20)18-14-10-8-13(9-11-14)12(2)17-5/h8-12,17H,7H2,1-6H3,(H,18,20). The van der Waals surface area contributed by atoms with Gasteiger partial charge in [-0.25, -0.2) is 4.79 Å². The molecule has 0 aliphatic heterocycles. The summed E-state index contributed by atoms with van der Waals surface area (Å²) >= 11 is 0. The van der Waals surface area contributed by atoms with Gasteiger partial charge in [-0.3, -0.25) is 0 Å². The highest BCUT2D eigenvalue weighted by molar-refractivity contribution is 5.89. The summed E-state index contributed by atoms with van der Waals surface area (Å²) in [5, 5.41) is 6.12. The molecule has 0 spiro atoms. The van der Waals surface area contributed by atoms with Crippen molar-refractivity contribution in [3.05, 3.63) is 29.8 Å². The Bertz CT molecular complexity index is 440. The van der Waals surface area contributed by atoms with Crippen LogP contribution in [-0.4, -0.2) is 30.6 Å². The van der Waals surface area contributed by atoms with Crippen LogP contribution in [-0.2, 0) is 0 Å². The number of urea groups is 1. The molecule has 0 radical (unpaired) electrons. The van der Waals surface area contributed by atoms with Gasteiger partial charge in [0.05, 0.1) is 0 Å². The molecule has 0 aliphatic rings. The Morgan fingerprint density at radius 3 is 2.30 bits per heavy atom. The molecule has 0 fully saturated rings. The SMILES string of the molecule is CCC(C)(C)N(C)C(=O)Nc1ccc(C(C)NC)cc1. The molecule has 1 rings (SSSR count). The average Bonchev–Trinajstić information content (AvgIpc) is 2.46. The van der Waals surface area contributed by atoms with Gasteiger partial charge in [-0.1, -0.05) is 19.1 Å². The van der Waals surface area contributed by atoms with Gasteiger partial charge in [0.1, 0.15) is 0 Å². The number of anilines is 1. The predicted molar refractivity (Wildman–Crippen MR) is 85.1 cm³/mol. The quantitative estimate of drug-likeness (QED) is 0.863. The maximum Gasteiger partial charge on any atom is 0.322 e. The van der Waals surface area contributed by atoms with Crippen LogP contribution < -0.4 is 10.6 Å². The zero-order valence-electron chi connectivity index (χ0n) is 13.4. The molecule has 2 amide bonds. The highest BCUT2D eigenvalue weighted by Gasteiger charge is 2.25. The summed E-state index contributed by atoms with van der Waals surface area (Å²) in [6.07, 6.45) is 0.912. The van der Waals surface area contributed by atoms with Gasteiger partial charge >= 0.3 is 6.03 Å². The van der Waals surface area contributed by atoms with E-state index in [1.165, 1.54) is 5.56 Å². The predicted octanol–water partition coefficient (Wildman–Crippen LogP) is 3.62. The minimum absolute atomic E-state index is 0.0775. The van der Waals surface area contributed by atoms with Crippen LogP contribution in [0.25, 0.3) is 0 Å². The van der Waals surface area contributed by atoms with E-state index in [-0.39, 0.29) is 11.6 Å². The van der Waals surface area contributed by atoms with Crippen LogP contribution in [0.15, 0.2) is 24.3 Å². The minimum atomic E-state index is -0.148. The lowest BCUT2D eigenvalue weighted by atomic mass is 10.0. The second-order valence-electron chi connectivity index (χ2n) is 5.79. The van der Waals surface area contributed by atoms with E-state index in [4.69, 9.17) is 0 Å². The van der Waals surface area contributed by atoms with Crippen molar-refractivity contribution in [2.24, 2.45) is 0 Å². The number of carbonyl (C=O) groups excluding carboxylic acids is 1. The Balaban J connectivity index is 2.72. The molecule has 0 saturated carbocycles. The number of rotatable bonds is 5. The maximum absolute atomic E-state index is 12.2. The minimum Gasteiger partial charge on any atom is -0.322 e. The first-order valence-electron chi connectivity index (χ1n) is 7.14. The van der Waals surface area contributed by atoms with Gasteiger partial charge in [-0.2, -0.15) is 0 Å². The molecule has 1 atom stereocenters. The van der Waals surface area contributed by atoms with Crippen molar-refractivity contribution in [3.8, 4) is 0 Å². The van der Waals surface area contributed by atoms with Crippen LogP contribution in [0.4, 0.5) is 10.5 Å². The zero-order chi connectivity index (χ0) is 15.3. The van der Waals surface area contributed by atoms with Gasteiger partial charge in [-0.15, -0.1) is 0 Å². The molecule has 1 aromatic rings. The number of benzene rings is 1. The Morgan fingerprint density at radius 2 is 1.85 bits per heavy atom. The average molecular weight is 277 g/mol. The van der Waals surface area contributed by atoms with Crippen LogP contribution in [0.1, 0.15) is 45.7 Å². The summed E-state index contributed by atoms with van der Waals surface area (Å²) in [7, 11) is 3.76. The van der Waals surface area contributed by atoms with E-state index in [0.717, 1.165) is 12.1 Å². The fourth-order valence-corrected chi connectivity index (χ4v) is 1.74. The number of amides is 2. The highest BCUT2D eigenvalue weighted by atomic mass is 16.2. The third-order valence-corrected chi connectivity index (χ3v) is 4.17. The van der Waals surface area contributed by atoms with E-state index in [0.29, 0.717) is 6.04 Å². The van der Waals surface area contributed by atoms with Crippen molar-refractivity contribution in [1.29, 1.82) is 0 Å². The van der Waals surface area contributed by atoms with Gasteiger partial charge in [0.25, 0.3) is 0 Å². The normalized spacial score (nSPS) is 12.9. The van der Waals surface area contributed by atoms with Gasteiger partial charge in [0, 0.05) is 24.3 Å². The number of hydrogen-bond donors (Lipinski definition) is 2. The Morgan fingerprint density at radius 1 is 1.30 bits per heavy atom. The topological polar surface area (TPSA) is 44.4 Å². The molecule has 4 nitrogen and oxygen atoms in total. The smallest absolute Gasteiger partial charge is 0.322 e. The van der Waals surface area contributed by atoms with Gasteiger partial charge in [-0.05, 0) is 51.9 Å². The lowest BCUT2D eigenvalue weighted by Gasteiger charge is -2.34. The van der Waals surface area contributed by atoms with Gasteiger partial charge in [0.15, 0.2) is 0 Å². The fourth-order valence-electron chi connectivity index (χ4n) is 1.74. The largest absolute Gasteiger partial charge is 0.322 e. The van der Waals surface area contributed by atoms with E-state index in [9.17, 15) is 4.79 Å². The summed E-state index contributed by atoms with van der Waals surface area (Å²) in [6, 6.07) is 8.17. The van der Waals surface area contributed by atoms with Crippen LogP contribution in [0.5, 0.6) is 0 Å². The first-order chi connectivity index (χ1) is 9.31. The van der Waals surface area contributed by atoms with E-state index >= 15 is 0 Å². The third-order valence-electron chi connectivity index (χ3n) is 4.17. The molecular weight excluding hydrogens is 250 g/mol. The van der Waals surface area contributed by atoms with E-state index in [2.05, 4.69) is 38.3 Å². The Kier molecular flexibility index (Phi) is 5.57. The monoisotopic (exact) mass is 277 g/mol. The molecule has 20 heavy (non-hydrogen) atoms. The molecule has 112 valence electrons. The third kappa shape index (κ3) is 3.97. The van der Waals surface area contributed by atoms with Gasteiger partial charge in [0.2, 0.25) is 0 Å². The summed E-state index contributed by atoms with van der Waals surface area (Å²) in [5.41, 5.74) is 1.87. The summed E-state index contributed by atoms with van der Waals surface area (Å²) < 4.78 is 0. The van der Waals surface area contributed by atoms with Crippen molar-refractivity contribution in [3.63, 3.8) is 0 Å². The number of nitrogens with one attached hydrogen (secondary N) is 2. The molecule has 4 heteroatoms. The second-order valence-corrected chi connectivity index (χ2v) is 5.79. The van der Waals surface area contributed by atoms with Crippen molar-refractivity contribution in [1.82, 2.24) is 10.2 Å². The number of hydrogen-bond acceptors (Lipinski definition) is 2. The van der Waals surface area contributed by atoms with E-state index < -0.39 is 0 Å². The van der Waals surface area contributed by atoms with Crippen LogP contribution in [0.2, 0.25) is 0 Å². The lowest BCUT2D eigenvalue weighted by molar-refractivity contribution is 0.165. The van der Waals surface area contributed by atoms with E-state index in [1.807, 2.05) is 38.4 Å². The zero-order valence-corrected chi connectivity index (χ0v) is 13.4. The summed E-state index contributed by atoms with van der Waals surface area (Å²) in [4.78, 5) is 13.9. The second kappa shape index (κ2) is 6.75. The molecule has 2 N–H and O–H groups in total. The van der Waals surface area contributed by atoms with Gasteiger partial charge < -0.3 is 15.5 Å². The fraction of sp³-hybridized carbons (Fsp3) is 0.562. The maximum atomic E-state index is 12.2. The van der Waals surface area contributed by atoms with Crippen molar-refractivity contribution >= 4 is 11.7 Å². The van der Waals surface area contributed by atoms with E-state index in [1.54, 1.807) is 4.90 Å². The Hall–Kier alpha value is -1.55. The van der Waals surface area contributed by atoms with Crippen LogP contribution in [0, 0.1) is 0 Å². The van der Waals surface area contributed by atoms with Crippen LogP contribution >= 0.6 is 0 Å². The summed E-state index contributed by atoms with van der Waals surface area (Å²) in [5.74, 6) is 0. The first-order valence-corrected chi connectivity index (χ1v) is 7.14. The molecule has 0 aliphatic carbocycles. The van der Waals surface area contributed by atoms with Crippen molar-refractivity contribution in [2.45, 2.75) is 45.7 Å².